The first-order valence-electron chi connectivity index (χ1n) is 9.16. The third-order valence-electron chi connectivity index (χ3n) is 4.47. The molecule has 0 radical (unpaired) electrons. The van der Waals surface area contributed by atoms with Crippen molar-refractivity contribution in [1.29, 1.82) is 0 Å². The Kier molecular flexibility index (Phi) is 7.10. The topological polar surface area (TPSA) is 95.3 Å². The van der Waals surface area contributed by atoms with Gasteiger partial charge in [-0.1, -0.05) is 12.1 Å². The summed E-state index contributed by atoms with van der Waals surface area (Å²) in [5.74, 6) is 0.0869. The van der Waals surface area contributed by atoms with Gasteiger partial charge in [0.2, 0.25) is 5.91 Å². The number of nitrogens with zero attached hydrogens (tertiary/aromatic N) is 3. The zero-order valence-corrected chi connectivity index (χ0v) is 17.5. The van der Waals surface area contributed by atoms with Crippen LogP contribution in [0.1, 0.15) is 17.8 Å². The molecule has 0 fully saturated rings. The fraction of sp³-hybridized carbons (Fsp3) is 0.250. The number of carbonyl (C=O) groups is 1. The molecule has 0 spiro atoms. The third kappa shape index (κ3) is 5.60. The van der Waals surface area contributed by atoms with Crippen LogP contribution in [-0.2, 0) is 31.0 Å². The molecule has 1 amide bonds. The van der Waals surface area contributed by atoms with Crippen LogP contribution in [-0.4, -0.2) is 34.9 Å². The molecule has 0 saturated heterocycles. The largest absolute Gasteiger partial charge is 0.334 e. The molecule has 158 valence electrons. The van der Waals surface area contributed by atoms with E-state index in [9.17, 15) is 13.8 Å². The Bertz CT molecular complexity index is 1030. The minimum atomic E-state index is -3.14. The lowest BCUT2D eigenvalue weighted by Crippen LogP contribution is -2.13. The van der Waals surface area contributed by atoms with E-state index in [-0.39, 0.29) is 24.3 Å². The SMILES string of the molecule is COP(=O)(Cc1ccc(NC(=O)CCc2nncn2-c2ccc(F)cc2)cc1)OC. The molecule has 1 N–H and O–H groups in total. The van der Waals surface area contributed by atoms with Gasteiger partial charge in [-0.05, 0) is 42.0 Å². The molecule has 0 atom stereocenters. The molecule has 3 aromatic rings. The number of hydrogen-bond donors (Lipinski definition) is 1. The van der Waals surface area contributed by atoms with E-state index in [1.165, 1.54) is 32.7 Å². The normalized spacial score (nSPS) is 11.4. The van der Waals surface area contributed by atoms with E-state index >= 15 is 0 Å². The highest BCUT2D eigenvalue weighted by Crippen LogP contribution is 2.49. The minimum Gasteiger partial charge on any atom is -0.326 e. The van der Waals surface area contributed by atoms with E-state index in [1.54, 1.807) is 41.0 Å². The maximum Gasteiger partial charge on any atom is 0.334 e. The number of hydrogen-bond acceptors (Lipinski definition) is 6. The Labute approximate surface area is 173 Å². The van der Waals surface area contributed by atoms with Gasteiger partial charge in [-0.25, -0.2) is 4.39 Å². The number of amides is 1. The van der Waals surface area contributed by atoms with Crippen LogP contribution in [0.4, 0.5) is 10.1 Å². The molecule has 0 unspecified atom stereocenters. The maximum atomic E-state index is 13.1. The predicted octanol–water partition coefficient (Wildman–Crippen LogP) is 3.96. The fourth-order valence-electron chi connectivity index (χ4n) is 2.82. The summed E-state index contributed by atoms with van der Waals surface area (Å²) in [6, 6.07) is 12.9. The summed E-state index contributed by atoms with van der Waals surface area (Å²) in [6.45, 7) is 0. The zero-order valence-electron chi connectivity index (χ0n) is 16.6. The van der Waals surface area contributed by atoms with Gasteiger partial charge in [0.1, 0.15) is 18.0 Å². The van der Waals surface area contributed by atoms with Gasteiger partial charge in [0.05, 0.1) is 6.16 Å². The van der Waals surface area contributed by atoms with Crippen LogP contribution in [0.25, 0.3) is 5.69 Å². The van der Waals surface area contributed by atoms with Crippen molar-refractivity contribution in [2.75, 3.05) is 19.5 Å². The Morgan fingerprint density at radius 2 is 1.77 bits per heavy atom. The molecule has 0 bridgehead atoms. The first-order valence-corrected chi connectivity index (χ1v) is 10.9. The van der Waals surface area contributed by atoms with Crippen LogP contribution >= 0.6 is 7.60 Å². The number of aromatic nitrogens is 3. The Balaban J connectivity index is 1.56. The number of nitrogens with one attached hydrogen (secondary N) is 1. The first-order chi connectivity index (χ1) is 14.4. The van der Waals surface area contributed by atoms with Crippen molar-refractivity contribution in [3.8, 4) is 5.69 Å². The third-order valence-corrected chi connectivity index (χ3v) is 6.33. The summed E-state index contributed by atoms with van der Waals surface area (Å²) in [5.41, 5.74) is 2.11. The lowest BCUT2D eigenvalue weighted by molar-refractivity contribution is -0.116. The van der Waals surface area contributed by atoms with E-state index in [4.69, 9.17) is 9.05 Å². The van der Waals surface area contributed by atoms with E-state index in [1.807, 2.05) is 0 Å². The quantitative estimate of drug-likeness (QED) is 0.514. The molecule has 1 heterocycles. The summed E-state index contributed by atoms with van der Waals surface area (Å²) in [5, 5.41) is 10.7. The molecular weight excluding hydrogens is 410 g/mol. The number of benzene rings is 2. The average molecular weight is 432 g/mol. The van der Waals surface area contributed by atoms with Crippen LogP contribution in [0, 0.1) is 5.82 Å². The van der Waals surface area contributed by atoms with E-state index in [2.05, 4.69) is 15.5 Å². The number of halogens is 1. The highest BCUT2D eigenvalue weighted by atomic mass is 31.2. The highest BCUT2D eigenvalue weighted by Gasteiger charge is 2.21. The molecule has 0 aliphatic heterocycles. The monoisotopic (exact) mass is 432 g/mol. The average Bonchev–Trinajstić information content (AvgIpc) is 3.23. The number of rotatable bonds is 9. The fourth-order valence-corrected chi connectivity index (χ4v) is 3.88. The number of aryl methyl sites for hydroxylation is 1. The molecule has 3 rings (SSSR count). The van der Waals surface area contributed by atoms with Gasteiger partial charge in [-0.2, -0.15) is 0 Å². The molecule has 10 heteroatoms. The standard InChI is InChI=1S/C20H22FN4O4P/c1-28-30(27,29-2)13-15-3-7-17(8-4-15)23-20(26)12-11-19-24-22-14-25(19)18-9-5-16(21)6-10-18/h3-10,14H,11-13H2,1-2H3,(H,23,26). The van der Waals surface area contributed by atoms with E-state index in [0.29, 0.717) is 17.9 Å². The van der Waals surface area contributed by atoms with Crippen molar-refractivity contribution < 1.29 is 22.8 Å². The van der Waals surface area contributed by atoms with Gasteiger partial charge >= 0.3 is 7.60 Å². The summed E-state index contributed by atoms with van der Waals surface area (Å²) < 4.78 is 36.9. The zero-order chi connectivity index (χ0) is 21.6. The van der Waals surface area contributed by atoms with E-state index < -0.39 is 7.60 Å². The van der Waals surface area contributed by atoms with Gasteiger partial charge in [0, 0.05) is 38.4 Å². The van der Waals surface area contributed by atoms with Crippen LogP contribution in [0.2, 0.25) is 0 Å². The van der Waals surface area contributed by atoms with Crippen LogP contribution in [0.3, 0.4) is 0 Å². The predicted molar refractivity (Wildman–Crippen MR) is 110 cm³/mol. The van der Waals surface area contributed by atoms with Crippen molar-refractivity contribution in [3.63, 3.8) is 0 Å². The lowest BCUT2D eigenvalue weighted by atomic mass is 10.2. The van der Waals surface area contributed by atoms with Crippen molar-refractivity contribution in [2.24, 2.45) is 0 Å². The van der Waals surface area contributed by atoms with Crippen molar-refractivity contribution in [3.05, 3.63) is 72.1 Å². The molecule has 1 aromatic heterocycles. The molecule has 2 aromatic carbocycles. The maximum absolute atomic E-state index is 13.1. The summed E-state index contributed by atoms with van der Waals surface area (Å²) in [4.78, 5) is 12.3. The van der Waals surface area contributed by atoms with Gasteiger partial charge in [0.25, 0.3) is 0 Å². The van der Waals surface area contributed by atoms with Crippen LogP contribution in [0.15, 0.2) is 54.9 Å². The number of anilines is 1. The van der Waals surface area contributed by atoms with Crippen LogP contribution in [0.5, 0.6) is 0 Å². The molecular formula is C20H22FN4O4P. The Hall–Kier alpha value is -2.87. The Morgan fingerprint density at radius 1 is 1.10 bits per heavy atom. The minimum absolute atomic E-state index is 0.146. The van der Waals surface area contributed by atoms with E-state index in [0.717, 1.165) is 11.3 Å². The Morgan fingerprint density at radius 3 is 2.40 bits per heavy atom. The van der Waals surface area contributed by atoms with Crippen molar-refractivity contribution >= 4 is 19.2 Å². The van der Waals surface area contributed by atoms with Gasteiger partial charge in [-0.15, -0.1) is 10.2 Å². The molecule has 0 aliphatic rings. The molecule has 8 nitrogen and oxygen atoms in total. The second kappa shape index (κ2) is 9.75. The van der Waals surface area contributed by atoms with Crippen molar-refractivity contribution in [1.82, 2.24) is 14.8 Å². The summed E-state index contributed by atoms with van der Waals surface area (Å²) in [6.07, 6.45) is 2.24. The van der Waals surface area contributed by atoms with Gasteiger partial charge in [0.15, 0.2) is 0 Å². The lowest BCUT2D eigenvalue weighted by Gasteiger charge is -2.13. The molecule has 30 heavy (non-hydrogen) atoms. The van der Waals surface area contributed by atoms with Crippen LogP contribution < -0.4 is 5.32 Å². The van der Waals surface area contributed by atoms with Gasteiger partial charge < -0.3 is 14.4 Å². The number of carbonyl (C=O) groups excluding carboxylic acids is 1. The second-order valence-corrected chi connectivity index (χ2v) is 8.74. The summed E-state index contributed by atoms with van der Waals surface area (Å²) in [7, 11) is -0.455. The van der Waals surface area contributed by atoms with Gasteiger partial charge in [-0.3, -0.25) is 13.9 Å². The van der Waals surface area contributed by atoms with Crippen molar-refractivity contribution in [2.45, 2.75) is 19.0 Å². The molecule has 0 aliphatic carbocycles. The first kappa shape index (κ1) is 21.8. The second-order valence-electron chi connectivity index (χ2n) is 6.47. The smallest absolute Gasteiger partial charge is 0.326 e. The summed E-state index contributed by atoms with van der Waals surface area (Å²) >= 11 is 0. The highest BCUT2D eigenvalue weighted by molar-refractivity contribution is 7.52. The molecule has 0 saturated carbocycles.